The van der Waals surface area contributed by atoms with Crippen molar-refractivity contribution in [1.29, 1.82) is 0 Å². The van der Waals surface area contributed by atoms with Gasteiger partial charge in [-0.15, -0.1) is 0 Å². The van der Waals surface area contributed by atoms with Crippen LogP contribution in [0.2, 0.25) is 0 Å². The normalized spacial score (nSPS) is 10.6. The van der Waals surface area contributed by atoms with Crippen LogP contribution >= 0.6 is 11.8 Å². The van der Waals surface area contributed by atoms with E-state index in [1.807, 2.05) is 6.08 Å². The number of thioether (sulfide) groups is 1. The largest absolute Gasteiger partial charge is 0.364 e. The Balaban J connectivity index is 2.63. The number of hydrogen-bond donors (Lipinski definition) is 1. The predicted molar refractivity (Wildman–Crippen MR) is 64.9 cm³/mol. The van der Waals surface area contributed by atoms with E-state index in [2.05, 4.69) is 4.98 Å². The van der Waals surface area contributed by atoms with Crippen molar-refractivity contribution in [2.75, 3.05) is 5.75 Å². The maximum atomic E-state index is 10.9. The van der Waals surface area contributed by atoms with Crippen molar-refractivity contribution in [3.8, 4) is 0 Å². The predicted octanol–water partition coefficient (Wildman–Crippen LogP) is 1.47. The average Bonchev–Trinajstić information content (AvgIpc) is 2.24. The maximum absolute atomic E-state index is 10.9. The quantitative estimate of drug-likeness (QED) is 0.859. The zero-order valence-corrected chi connectivity index (χ0v) is 9.66. The molecule has 1 aromatic heterocycles. The number of rotatable bonds is 4. The first-order chi connectivity index (χ1) is 7.59. The molecule has 0 saturated carbocycles. The Hall–Kier alpha value is -1.62. The fraction of sp³-hybridized carbons (Fsp3) is 0.182. The number of nitrogens with zero attached hydrogens (tertiary/aromatic N) is 1. The molecule has 4 nitrogen and oxygen atoms in total. The topological polar surface area (TPSA) is 73.1 Å². The molecule has 0 aliphatic rings. The van der Waals surface area contributed by atoms with E-state index in [4.69, 9.17) is 5.73 Å². The minimum absolute atomic E-state index is 0.0727. The van der Waals surface area contributed by atoms with Crippen molar-refractivity contribution in [2.45, 2.75) is 6.92 Å². The van der Waals surface area contributed by atoms with E-state index < -0.39 is 5.91 Å². The molecule has 0 atom stereocenters. The highest BCUT2D eigenvalue weighted by atomic mass is 32.2. The molecule has 1 rings (SSSR count). The summed E-state index contributed by atoms with van der Waals surface area (Å²) in [6.07, 6.45) is 3.57. The molecule has 0 aromatic carbocycles. The second-order valence-electron chi connectivity index (χ2n) is 3.02. The molecule has 0 bridgehead atoms. The fourth-order valence-electron chi connectivity index (χ4n) is 1.02. The summed E-state index contributed by atoms with van der Waals surface area (Å²) in [5, 5.41) is 0.0727. The smallest absolute Gasteiger partial charge is 0.267 e. The number of carbonyl (C=O) groups excluding carboxylic acids is 2. The third-order valence-corrected chi connectivity index (χ3v) is 2.46. The van der Waals surface area contributed by atoms with Crippen molar-refractivity contribution < 1.29 is 9.59 Å². The van der Waals surface area contributed by atoms with Crippen molar-refractivity contribution in [3.05, 3.63) is 35.7 Å². The van der Waals surface area contributed by atoms with Gasteiger partial charge in [-0.3, -0.25) is 9.59 Å². The summed E-state index contributed by atoms with van der Waals surface area (Å²) in [6, 6.07) is 5.04. The number of primary amides is 1. The van der Waals surface area contributed by atoms with E-state index in [9.17, 15) is 9.59 Å². The molecule has 0 fully saturated rings. The van der Waals surface area contributed by atoms with Gasteiger partial charge in [-0.05, 0) is 18.2 Å². The third-order valence-electron chi connectivity index (χ3n) is 1.69. The SMILES string of the molecule is CC(=O)SCC=Cc1cccc(C(N)=O)n1. The average molecular weight is 236 g/mol. The molecule has 0 radical (unpaired) electrons. The molecule has 2 N–H and O–H groups in total. The number of carbonyl (C=O) groups is 2. The molecule has 16 heavy (non-hydrogen) atoms. The summed E-state index contributed by atoms with van der Waals surface area (Å²) in [6.45, 7) is 1.52. The highest BCUT2D eigenvalue weighted by Crippen LogP contribution is 2.05. The van der Waals surface area contributed by atoms with Gasteiger partial charge >= 0.3 is 0 Å². The monoisotopic (exact) mass is 236 g/mol. The van der Waals surface area contributed by atoms with Crippen molar-refractivity contribution in [3.63, 3.8) is 0 Å². The van der Waals surface area contributed by atoms with E-state index in [-0.39, 0.29) is 10.8 Å². The van der Waals surface area contributed by atoms with E-state index >= 15 is 0 Å². The second-order valence-corrected chi connectivity index (χ2v) is 4.21. The molecule has 1 aromatic rings. The first-order valence-corrected chi connectivity index (χ1v) is 5.65. The lowest BCUT2D eigenvalue weighted by atomic mass is 10.3. The van der Waals surface area contributed by atoms with Crippen LogP contribution in [0.5, 0.6) is 0 Å². The van der Waals surface area contributed by atoms with Gasteiger partial charge in [0.05, 0.1) is 5.69 Å². The molecule has 0 saturated heterocycles. The Labute approximate surface area is 97.9 Å². The van der Waals surface area contributed by atoms with Crippen LogP contribution in [0.15, 0.2) is 24.3 Å². The minimum Gasteiger partial charge on any atom is -0.364 e. The lowest BCUT2D eigenvalue weighted by molar-refractivity contribution is -0.109. The van der Waals surface area contributed by atoms with Crippen LogP contribution in [-0.4, -0.2) is 21.8 Å². The van der Waals surface area contributed by atoms with E-state index in [1.165, 1.54) is 18.7 Å². The van der Waals surface area contributed by atoms with Crippen molar-refractivity contribution >= 4 is 28.9 Å². The lowest BCUT2D eigenvalue weighted by Gasteiger charge is -1.96. The van der Waals surface area contributed by atoms with E-state index in [1.54, 1.807) is 24.3 Å². The lowest BCUT2D eigenvalue weighted by Crippen LogP contribution is -2.13. The molecule has 1 amide bonds. The van der Waals surface area contributed by atoms with E-state index in [0.29, 0.717) is 11.4 Å². The first-order valence-electron chi connectivity index (χ1n) is 4.66. The number of amides is 1. The molecule has 84 valence electrons. The van der Waals surface area contributed by atoms with Gasteiger partial charge in [0.15, 0.2) is 5.12 Å². The van der Waals surface area contributed by atoms with Crippen LogP contribution in [0.1, 0.15) is 23.1 Å². The van der Waals surface area contributed by atoms with Crippen LogP contribution in [0.25, 0.3) is 6.08 Å². The van der Waals surface area contributed by atoms with Crippen LogP contribution < -0.4 is 5.73 Å². The van der Waals surface area contributed by atoms with Crippen LogP contribution in [0, 0.1) is 0 Å². The van der Waals surface area contributed by atoms with Gasteiger partial charge in [-0.1, -0.05) is 23.9 Å². The van der Waals surface area contributed by atoms with Gasteiger partial charge in [0.2, 0.25) is 0 Å². The summed E-state index contributed by atoms with van der Waals surface area (Å²) in [4.78, 5) is 25.5. The van der Waals surface area contributed by atoms with Gasteiger partial charge in [-0.2, -0.15) is 0 Å². The Morgan fingerprint density at radius 1 is 1.50 bits per heavy atom. The van der Waals surface area contributed by atoms with Gasteiger partial charge in [0.1, 0.15) is 5.69 Å². The second kappa shape index (κ2) is 6.07. The molecular weight excluding hydrogens is 224 g/mol. The van der Waals surface area contributed by atoms with Gasteiger partial charge in [-0.25, -0.2) is 4.98 Å². The Morgan fingerprint density at radius 2 is 2.25 bits per heavy atom. The Morgan fingerprint density at radius 3 is 2.88 bits per heavy atom. The number of aromatic nitrogens is 1. The van der Waals surface area contributed by atoms with Gasteiger partial charge < -0.3 is 5.73 Å². The van der Waals surface area contributed by atoms with Crippen molar-refractivity contribution in [2.24, 2.45) is 5.73 Å². The first kappa shape index (κ1) is 12.4. The summed E-state index contributed by atoms with van der Waals surface area (Å²) in [5.74, 6) is 0.0472. The summed E-state index contributed by atoms with van der Waals surface area (Å²) < 4.78 is 0. The summed E-state index contributed by atoms with van der Waals surface area (Å²) in [5.41, 5.74) is 5.99. The minimum atomic E-state index is -0.548. The highest BCUT2D eigenvalue weighted by Gasteiger charge is 2.00. The number of nitrogens with two attached hydrogens (primary N) is 1. The van der Waals surface area contributed by atoms with Gasteiger partial charge in [0.25, 0.3) is 5.91 Å². The Bertz CT molecular complexity index is 430. The van der Waals surface area contributed by atoms with Crippen LogP contribution in [-0.2, 0) is 4.79 Å². The molecular formula is C11H12N2O2S. The summed E-state index contributed by atoms with van der Waals surface area (Å²) >= 11 is 1.22. The Kier molecular flexibility index (Phi) is 4.72. The standard InChI is InChI=1S/C11H12N2O2S/c1-8(14)16-7-3-5-9-4-2-6-10(13-9)11(12)15/h2-6H,7H2,1H3,(H2,12,15). The molecule has 0 aliphatic heterocycles. The zero-order chi connectivity index (χ0) is 12.0. The maximum Gasteiger partial charge on any atom is 0.267 e. The van der Waals surface area contributed by atoms with Gasteiger partial charge in [0, 0.05) is 12.7 Å². The molecule has 5 heteroatoms. The highest BCUT2D eigenvalue weighted by molar-refractivity contribution is 8.13. The fourth-order valence-corrected chi connectivity index (χ4v) is 1.44. The molecule has 0 aliphatic carbocycles. The van der Waals surface area contributed by atoms with Crippen LogP contribution in [0.3, 0.4) is 0 Å². The zero-order valence-electron chi connectivity index (χ0n) is 8.84. The molecule has 0 spiro atoms. The molecule has 1 heterocycles. The third kappa shape index (κ3) is 4.27. The molecule has 0 unspecified atom stereocenters. The number of pyridine rings is 1. The van der Waals surface area contributed by atoms with E-state index in [0.717, 1.165) is 0 Å². The van der Waals surface area contributed by atoms with Crippen LogP contribution in [0.4, 0.5) is 0 Å². The summed E-state index contributed by atoms with van der Waals surface area (Å²) in [7, 11) is 0. The number of hydrogen-bond acceptors (Lipinski definition) is 4. The van der Waals surface area contributed by atoms with Crippen molar-refractivity contribution in [1.82, 2.24) is 4.98 Å².